The highest BCUT2D eigenvalue weighted by Gasteiger charge is 2.07. The zero-order chi connectivity index (χ0) is 15.1. The van der Waals surface area contributed by atoms with E-state index >= 15 is 0 Å². The van der Waals surface area contributed by atoms with Crippen molar-refractivity contribution in [3.8, 4) is 23.3 Å². The predicted molar refractivity (Wildman–Crippen MR) is 84.4 cm³/mol. The SMILES string of the molecule is COc1cc([C@@H](C)N)ccc1OCC#Cc1ccccc1. The minimum absolute atomic E-state index is 0.0363. The lowest BCUT2D eigenvalue weighted by molar-refractivity contribution is 0.330. The van der Waals surface area contributed by atoms with Crippen molar-refractivity contribution < 1.29 is 9.47 Å². The van der Waals surface area contributed by atoms with Crippen LogP contribution in [0.15, 0.2) is 48.5 Å². The maximum atomic E-state index is 5.85. The van der Waals surface area contributed by atoms with Gasteiger partial charge in [-0.15, -0.1) is 0 Å². The van der Waals surface area contributed by atoms with E-state index < -0.39 is 0 Å². The average molecular weight is 281 g/mol. The molecule has 2 N–H and O–H groups in total. The van der Waals surface area contributed by atoms with Gasteiger partial charge in [0.05, 0.1) is 7.11 Å². The quantitative estimate of drug-likeness (QED) is 0.876. The van der Waals surface area contributed by atoms with E-state index in [-0.39, 0.29) is 6.04 Å². The van der Waals surface area contributed by atoms with Crippen LogP contribution in [0.5, 0.6) is 11.5 Å². The smallest absolute Gasteiger partial charge is 0.162 e. The molecule has 2 aromatic carbocycles. The van der Waals surface area contributed by atoms with E-state index in [9.17, 15) is 0 Å². The molecule has 0 spiro atoms. The predicted octanol–water partition coefficient (Wildman–Crippen LogP) is 3.15. The van der Waals surface area contributed by atoms with Crippen molar-refractivity contribution in [3.63, 3.8) is 0 Å². The summed E-state index contributed by atoms with van der Waals surface area (Å²) in [6.07, 6.45) is 0. The number of rotatable bonds is 4. The second-order valence-electron chi connectivity index (χ2n) is 4.66. The second kappa shape index (κ2) is 7.37. The van der Waals surface area contributed by atoms with Gasteiger partial charge in [-0.3, -0.25) is 0 Å². The van der Waals surface area contributed by atoms with Gasteiger partial charge >= 0.3 is 0 Å². The molecule has 0 aliphatic carbocycles. The van der Waals surface area contributed by atoms with Gasteiger partial charge in [-0.25, -0.2) is 0 Å². The molecule has 0 aliphatic rings. The zero-order valence-electron chi connectivity index (χ0n) is 12.3. The van der Waals surface area contributed by atoms with Crippen molar-refractivity contribution in [3.05, 3.63) is 59.7 Å². The molecule has 2 aromatic rings. The van der Waals surface area contributed by atoms with Crippen molar-refractivity contribution in [1.82, 2.24) is 0 Å². The molecule has 21 heavy (non-hydrogen) atoms. The third-order valence-electron chi connectivity index (χ3n) is 3.02. The molecule has 0 heterocycles. The van der Waals surface area contributed by atoms with Gasteiger partial charge in [0.15, 0.2) is 11.5 Å². The fraction of sp³-hybridized carbons (Fsp3) is 0.222. The van der Waals surface area contributed by atoms with Gasteiger partial charge in [-0.1, -0.05) is 36.1 Å². The van der Waals surface area contributed by atoms with Crippen molar-refractivity contribution in [1.29, 1.82) is 0 Å². The Morgan fingerprint density at radius 3 is 2.52 bits per heavy atom. The maximum Gasteiger partial charge on any atom is 0.162 e. The highest BCUT2D eigenvalue weighted by Crippen LogP contribution is 2.29. The number of ether oxygens (including phenoxy) is 2. The van der Waals surface area contributed by atoms with E-state index in [0.717, 1.165) is 11.1 Å². The van der Waals surface area contributed by atoms with Gasteiger partial charge in [-0.05, 0) is 36.8 Å². The van der Waals surface area contributed by atoms with Crippen LogP contribution in [0.4, 0.5) is 0 Å². The third kappa shape index (κ3) is 4.27. The van der Waals surface area contributed by atoms with E-state index in [2.05, 4.69) is 11.8 Å². The molecule has 0 bridgehead atoms. The Kier molecular flexibility index (Phi) is 5.25. The van der Waals surface area contributed by atoms with Crippen LogP contribution >= 0.6 is 0 Å². The topological polar surface area (TPSA) is 44.5 Å². The monoisotopic (exact) mass is 281 g/mol. The summed E-state index contributed by atoms with van der Waals surface area (Å²) in [4.78, 5) is 0. The lowest BCUT2D eigenvalue weighted by atomic mass is 10.1. The van der Waals surface area contributed by atoms with Crippen molar-refractivity contribution in [2.75, 3.05) is 13.7 Å². The number of hydrogen-bond donors (Lipinski definition) is 1. The van der Waals surface area contributed by atoms with Crippen LogP contribution in [0.3, 0.4) is 0 Å². The first-order valence-corrected chi connectivity index (χ1v) is 6.81. The minimum Gasteiger partial charge on any atom is -0.493 e. The van der Waals surface area contributed by atoms with Gasteiger partial charge in [0.2, 0.25) is 0 Å². The van der Waals surface area contributed by atoms with Gasteiger partial charge < -0.3 is 15.2 Å². The summed E-state index contributed by atoms with van der Waals surface area (Å²) < 4.78 is 11.0. The lowest BCUT2D eigenvalue weighted by Gasteiger charge is -2.12. The van der Waals surface area contributed by atoms with Crippen LogP contribution in [-0.4, -0.2) is 13.7 Å². The lowest BCUT2D eigenvalue weighted by Crippen LogP contribution is -2.05. The summed E-state index contributed by atoms with van der Waals surface area (Å²) in [5.41, 5.74) is 7.84. The number of benzene rings is 2. The molecule has 0 saturated heterocycles. The normalized spacial score (nSPS) is 11.2. The van der Waals surface area contributed by atoms with E-state index in [1.165, 1.54) is 0 Å². The first-order chi connectivity index (χ1) is 10.2. The highest BCUT2D eigenvalue weighted by molar-refractivity contribution is 5.44. The minimum atomic E-state index is -0.0363. The molecule has 0 amide bonds. The molecule has 0 unspecified atom stereocenters. The largest absolute Gasteiger partial charge is 0.493 e. The molecule has 0 fully saturated rings. The van der Waals surface area contributed by atoms with Crippen LogP contribution in [-0.2, 0) is 0 Å². The Morgan fingerprint density at radius 2 is 1.86 bits per heavy atom. The van der Waals surface area contributed by atoms with Crippen LogP contribution in [0.1, 0.15) is 24.1 Å². The molecule has 0 aromatic heterocycles. The number of hydrogen-bond acceptors (Lipinski definition) is 3. The molecule has 3 nitrogen and oxygen atoms in total. The summed E-state index contributed by atoms with van der Waals surface area (Å²) in [5.74, 6) is 7.38. The first-order valence-electron chi connectivity index (χ1n) is 6.81. The Morgan fingerprint density at radius 1 is 1.10 bits per heavy atom. The van der Waals surface area contributed by atoms with Crippen molar-refractivity contribution in [2.24, 2.45) is 5.73 Å². The summed E-state index contributed by atoms with van der Waals surface area (Å²) in [6.45, 7) is 2.24. The Labute approximate surface area is 125 Å². The Balaban J connectivity index is 2.02. The van der Waals surface area contributed by atoms with Gasteiger partial charge in [0.1, 0.15) is 6.61 Å². The molecular formula is C18H19NO2. The summed E-state index contributed by atoms with van der Waals surface area (Å²) >= 11 is 0. The highest BCUT2D eigenvalue weighted by atomic mass is 16.5. The van der Waals surface area contributed by atoms with Crippen LogP contribution in [0.25, 0.3) is 0 Å². The molecule has 0 saturated carbocycles. The van der Waals surface area contributed by atoms with Crippen LogP contribution in [0, 0.1) is 11.8 Å². The maximum absolute atomic E-state index is 5.85. The summed E-state index contributed by atoms with van der Waals surface area (Å²) in [5, 5.41) is 0. The van der Waals surface area contributed by atoms with Gasteiger partial charge in [0.25, 0.3) is 0 Å². The van der Waals surface area contributed by atoms with Crippen molar-refractivity contribution >= 4 is 0 Å². The molecule has 108 valence electrons. The first kappa shape index (κ1) is 15.0. The fourth-order valence-electron chi connectivity index (χ4n) is 1.86. The zero-order valence-corrected chi connectivity index (χ0v) is 12.3. The molecule has 1 atom stereocenters. The second-order valence-corrected chi connectivity index (χ2v) is 4.66. The van der Waals surface area contributed by atoms with E-state index in [1.54, 1.807) is 7.11 Å². The Hall–Kier alpha value is -2.44. The van der Waals surface area contributed by atoms with E-state index in [4.69, 9.17) is 15.2 Å². The average Bonchev–Trinajstić information content (AvgIpc) is 2.52. The van der Waals surface area contributed by atoms with Crippen molar-refractivity contribution in [2.45, 2.75) is 13.0 Å². The Bertz CT molecular complexity index is 639. The fourth-order valence-corrected chi connectivity index (χ4v) is 1.86. The summed E-state index contributed by atoms with van der Waals surface area (Å²) in [6, 6.07) is 15.5. The summed E-state index contributed by atoms with van der Waals surface area (Å²) in [7, 11) is 1.61. The van der Waals surface area contributed by atoms with E-state index in [1.807, 2.05) is 55.5 Å². The van der Waals surface area contributed by atoms with Gasteiger partial charge in [0, 0.05) is 11.6 Å². The number of methoxy groups -OCH3 is 1. The van der Waals surface area contributed by atoms with Crippen LogP contribution in [0.2, 0.25) is 0 Å². The molecule has 3 heteroatoms. The molecule has 2 rings (SSSR count). The van der Waals surface area contributed by atoms with E-state index in [0.29, 0.717) is 18.1 Å². The standard InChI is InChI=1S/C18H19NO2/c1-14(19)16-10-11-17(18(13-16)20-2)21-12-6-9-15-7-4-3-5-8-15/h3-5,7-8,10-11,13-14H,12,19H2,1-2H3/t14-/m1/s1. The molecule has 0 aliphatic heterocycles. The molecule has 0 radical (unpaired) electrons. The molecular weight excluding hydrogens is 262 g/mol. The third-order valence-corrected chi connectivity index (χ3v) is 3.02. The van der Waals surface area contributed by atoms with Crippen LogP contribution < -0.4 is 15.2 Å². The van der Waals surface area contributed by atoms with Gasteiger partial charge in [-0.2, -0.15) is 0 Å². The number of nitrogens with two attached hydrogens (primary N) is 1.